The van der Waals surface area contributed by atoms with E-state index < -0.39 is 0 Å². The van der Waals surface area contributed by atoms with E-state index in [9.17, 15) is 4.79 Å². The van der Waals surface area contributed by atoms with Crippen LogP contribution in [0, 0.1) is 5.92 Å². The van der Waals surface area contributed by atoms with Crippen LogP contribution < -0.4 is 10.1 Å². The van der Waals surface area contributed by atoms with E-state index in [1.54, 1.807) is 7.11 Å². The Morgan fingerprint density at radius 2 is 2.24 bits per heavy atom. The van der Waals surface area contributed by atoms with E-state index in [2.05, 4.69) is 21.2 Å². The summed E-state index contributed by atoms with van der Waals surface area (Å²) in [7, 11) is 3.48. The third kappa shape index (κ3) is 4.13. The predicted octanol–water partition coefficient (Wildman–Crippen LogP) is 2.42. The first kappa shape index (κ1) is 14.2. The van der Waals surface area contributed by atoms with Gasteiger partial charge in [-0.2, -0.15) is 0 Å². The minimum absolute atomic E-state index is 0.0425. The SMILES string of the molecule is CNCC(C)C(=O)Cc1ccc(OC)c(Br)c1. The highest BCUT2D eigenvalue weighted by Crippen LogP contribution is 2.25. The topological polar surface area (TPSA) is 38.3 Å². The fourth-order valence-electron chi connectivity index (χ4n) is 1.62. The fourth-order valence-corrected chi connectivity index (χ4v) is 2.20. The van der Waals surface area contributed by atoms with E-state index in [0.717, 1.165) is 22.3 Å². The molecule has 1 N–H and O–H groups in total. The summed E-state index contributed by atoms with van der Waals surface area (Å²) in [6, 6.07) is 5.73. The van der Waals surface area contributed by atoms with Crippen LogP contribution in [0.1, 0.15) is 12.5 Å². The first-order valence-electron chi connectivity index (χ1n) is 5.58. The second kappa shape index (κ2) is 6.77. The summed E-state index contributed by atoms with van der Waals surface area (Å²) in [6.07, 6.45) is 0.464. The molecule has 1 aromatic carbocycles. The first-order valence-corrected chi connectivity index (χ1v) is 6.37. The van der Waals surface area contributed by atoms with E-state index in [1.165, 1.54) is 0 Å². The highest BCUT2D eigenvalue weighted by molar-refractivity contribution is 9.10. The van der Waals surface area contributed by atoms with Gasteiger partial charge in [-0.1, -0.05) is 13.0 Å². The summed E-state index contributed by atoms with van der Waals surface area (Å²) < 4.78 is 6.03. The monoisotopic (exact) mass is 299 g/mol. The molecule has 0 heterocycles. The van der Waals surface area contributed by atoms with Crippen LogP contribution in [0.2, 0.25) is 0 Å². The maximum absolute atomic E-state index is 11.9. The van der Waals surface area contributed by atoms with Crippen LogP contribution in [0.5, 0.6) is 5.75 Å². The molecule has 0 aromatic heterocycles. The average molecular weight is 300 g/mol. The number of carbonyl (C=O) groups is 1. The van der Waals surface area contributed by atoms with Crippen LogP contribution in [0.15, 0.2) is 22.7 Å². The summed E-state index contributed by atoms with van der Waals surface area (Å²) in [5.74, 6) is 1.07. The molecule has 1 unspecified atom stereocenters. The Kier molecular flexibility index (Phi) is 5.65. The van der Waals surface area contributed by atoms with Crippen molar-refractivity contribution in [3.63, 3.8) is 0 Å². The largest absolute Gasteiger partial charge is 0.496 e. The molecule has 0 saturated carbocycles. The van der Waals surface area contributed by atoms with E-state index in [-0.39, 0.29) is 11.7 Å². The molecule has 17 heavy (non-hydrogen) atoms. The maximum Gasteiger partial charge on any atom is 0.141 e. The summed E-state index contributed by atoms with van der Waals surface area (Å²) in [5.41, 5.74) is 1.01. The number of halogens is 1. The summed E-state index contributed by atoms with van der Waals surface area (Å²) in [5, 5.41) is 3.01. The molecule has 0 bridgehead atoms. The van der Waals surface area contributed by atoms with Gasteiger partial charge in [-0.05, 0) is 40.7 Å². The number of ether oxygens (including phenoxy) is 1. The van der Waals surface area contributed by atoms with Crippen molar-refractivity contribution in [1.82, 2.24) is 5.32 Å². The van der Waals surface area contributed by atoms with Crippen LogP contribution in [0.4, 0.5) is 0 Å². The standard InChI is InChI=1S/C13H18BrNO2/c1-9(8-15-2)12(16)7-10-4-5-13(17-3)11(14)6-10/h4-6,9,15H,7-8H2,1-3H3. The number of ketones is 1. The molecule has 0 aliphatic heterocycles. The number of carbonyl (C=O) groups excluding carboxylic acids is 1. The second-order valence-electron chi connectivity index (χ2n) is 4.07. The zero-order chi connectivity index (χ0) is 12.8. The zero-order valence-electron chi connectivity index (χ0n) is 10.4. The molecule has 1 atom stereocenters. The Hall–Kier alpha value is -0.870. The molecule has 0 aliphatic carbocycles. The van der Waals surface area contributed by atoms with Gasteiger partial charge in [0.1, 0.15) is 11.5 Å². The van der Waals surface area contributed by atoms with E-state index in [0.29, 0.717) is 6.42 Å². The Bertz CT molecular complexity index is 393. The van der Waals surface area contributed by atoms with Gasteiger partial charge in [0.25, 0.3) is 0 Å². The zero-order valence-corrected chi connectivity index (χ0v) is 12.0. The quantitative estimate of drug-likeness (QED) is 0.877. The maximum atomic E-state index is 11.9. The summed E-state index contributed by atoms with van der Waals surface area (Å²) in [6.45, 7) is 2.66. The Labute approximate surface area is 111 Å². The van der Waals surface area contributed by atoms with Crippen LogP contribution >= 0.6 is 15.9 Å². The highest BCUT2D eigenvalue weighted by Gasteiger charge is 2.13. The molecule has 94 valence electrons. The van der Waals surface area contributed by atoms with Gasteiger partial charge < -0.3 is 10.1 Å². The van der Waals surface area contributed by atoms with Crippen LogP contribution in [0.25, 0.3) is 0 Å². The van der Waals surface area contributed by atoms with Gasteiger partial charge in [0.2, 0.25) is 0 Å². The molecule has 0 aliphatic rings. The van der Waals surface area contributed by atoms with Crippen LogP contribution in [-0.4, -0.2) is 26.5 Å². The number of nitrogens with one attached hydrogen (secondary N) is 1. The molecule has 1 rings (SSSR count). The van der Waals surface area contributed by atoms with Crippen molar-refractivity contribution < 1.29 is 9.53 Å². The van der Waals surface area contributed by atoms with E-state index in [1.807, 2.05) is 32.2 Å². The molecule has 0 spiro atoms. The number of rotatable bonds is 6. The number of benzene rings is 1. The van der Waals surface area contributed by atoms with Crippen molar-refractivity contribution in [3.05, 3.63) is 28.2 Å². The molecule has 3 nitrogen and oxygen atoms in total. The normalized spacial score (nSPS) is 12.2. The van der Waals surface area contributed by atoms with E-state index >= 15 is 0 Å². The molecule has 1 aromatic rings. The molecule has 0 saturated heterocycles. The van der Waals surface area contributed by atoms with Crippen molar-refractivity contribution in [2.24, 2.45) is 5.92 Å². The summed E-state index contributed by atoms with van der Waals surface area (Å²) in [4.78, 5) is 11.9. The second-order valence-corrected chi connectivity index (χ2v) is 4.93. The molecule has 0 amide bonds. The van der Waals surface area contributed by atoms with Gasteiger partial charge in [0.05, 0.1) is 11.6 Å². The predicted molar refractivity (Wildman–Crippen MR) is 72.5 cm³/mol. The number of hydrogen-bond donors (Lipinski definition) is 1. The third-order valence-corrected chi connectivity index (χ3v) is 3.27. The minimum Gasteiger partial charge on any atom is -0.496 e. The van der Waals surface area contributed by atoms with Crippen molar-refractivity contribution >= 4 is 21.7 Å². The first-order chi connectivity index (χ1) is 8.08. The lowest BCUT2D eigenvalue weighted by Gasteiger charge is -2.10. The van der Waals surface area contributed by atoms with Crippen molar-refractivity contribution in [2.45, 2.75) is 13.3 Å². The third-order valence-electron chi connectivity index (χ3n) is 2.65. The van der Waals surface area contributed by atoms with Gasteiger partial charge >= 0.3 is 0 Å². The lowest BCUT2D eigenvalue weighted by molar-refractivity contribution is -0.121. The van der Waals surface area contributed by atoms with Gasteiger partial charge in [-0.15, -0.1) is 0 Å². The van der Waals surface area contributed by atoms with Crippen molar-refractivity contribution in [3.8, 4) is 5.75 Å². The van der Waals surface area contributed by atoms with Crippen molar-refractivity contribution in [1.29, 1.82) is 0 Å². The number of hydrogen-bond acceptors (Lipinski definition) is 3. The van der Waals surface area contributed by atoms with Crippen LogP contribution in [-0.2, 0) is 11.2 Å². The average Bonchev–Trinajstić information content (AvgIpc) is 2.29. The molecule has 0 fully saturated rings. The highest BCUT2D eigenvalue weighted by atomic mass is 79.9. The van der Waals surface area contributed by atoms with Gasteiger partial charge in [-0.25, -0.2) is 0 Å². The van der Waals surface area contributed by atoms with Gasteiger partial charge in [0.15, 0.2) is 0 Å². The molecular formula is C13H18BrNO2. The number of Topliss-reactive ketones (excluding diaryl/α,β-unsaturated/α-hetero) is 1. The Morgan fingerprint density at radius 1 is 1.53 bits per heavy atom. The smallest absolute Gasteiger partial charge is 0.141 e. The molecular weight excluding hydrogens is 282 g/mol. The Balaban J connectivity index is 2.69. The van der Waals surface area contributed by atoms with Gasteiger partial charge in [-0.3, -0.25) is 4.79 Å². The lowest BCUT2D eigenvalue weighted by atomic mass is 9.99. The summed E-state index contributed by atoms with van der Waals surface area (Å²) >= 11 is 3.42. The van der Waals surface area contributed by atoms with Crippen LogP contribution in [0.3, 0.4) is 0 Å². The van der Waals surface area contributed by atoms with E-state index in [4.69, 9.17) is 4.74 Å². The van der Waals surface area contributed by atoms with Gasteiger partial charge in [0, 0.05) is 18.9 Å². The number of methoxy groups -OCH3 is 1. The molecule has 4 heteroatoms. The Morgan fingerprint density at radius 3 is 2.76 bits per heavy atom. The van der Waals surface area contributed by atoms with Crippen molar-refractivity contribution in [2.75, 3.05) is 20.7 Å². The lowest BCUT2D eigenvalue weighted by Crippen LogP contribution is -2.24. The minimum atomic E-state index is 0.0425. The fraction of sp³-hybridized carbons (Fsp3) is 0.462. The molecule has 0 radical (unpaired) electrons.